The number of esters is 2. The molecule has 2 heterocycles. The summed E-state index contributed by atoms with van der Waals surface area (Å²) in [6.07, 6.45) is 2.01. The van der Waals surface area contributed by atoms with Gasteiger partial charge in [0, 0.05) is 19.0 Å². The van der Waals surface area contributed by atoms with Crippen LogP contribution >= 0.6 is 0 Å². The highest BCUT2D eigenvalue weighted by Gasteiger charge is 2.42. The fourth-order valence-corrected chi connectivity index (χ4v) is 4.17. The van der Waals surface area contributed by atoms with Crippen molar-refractivity contribution >= 4 is 23.3 Å². The van der Waals surface area contributed by atoms with E-state index in [0.717, 1.165) is 0 Å². The molecule has 0 spiro atoms. The molecule has 3 rings (SSSR count). The Kier molecular flexibility index (Phi) is 5.98. The van der Waals surface area contributed by atoms with Crippen LogP contribution in [0.5, 0.6) is 0 Å². The van der Waals surface area contributed by atoms with Crippen molar-refractivity contribution in [2.24, 2.45) is 11.7 Å². The van der Waals surface area contributed by atoms with Crippen molar-refractivity contribution < 1.29 is 24.0 Å². The zero-order valence-corrected chi connectivity index (χ0v) is 17.7. The molecule has 0 radical (unpaired) electrons. The number of piperidine rings is 1. The summed E-state index contributed by atoms with van der Waals surface area (Å²) < 4.78 is 10.8. The Labute approximate surface area is 174 Å². The smallest absolute Gasteiger partial charge is 0.312 e. The summed E-state index contributed by atoms with van der Waals surface area (Å²) in [4.78, 5) is 41.3. The number of aromatic nitrogens is 1. The number of anilines is 1. The Morgan fingerprint density at radius 1 is 1.33 bits per heavy atom. The van der Waals surface area contributed by atoms with E-state index in [9.17, 15) is 19.7 Å². The number of nitrogens with zero attached hydrogens (tertiary/aromatic N) is 3. The van der Waals surface area contributed by atoms with Crippen LogP contribution in [0.25, 0.3) is 0 Å². The first kappa shape index (κ1) is 21.9. The Bertz CT molecular complexity index is 866. The molecule has 164 valence electrons. The average Bonchev–Trinajstić information content (AvgIpc) is 3.02. The van der Waals surface area contributed by atoms with Gasteiger partial charge in [0.1, 0.15) is 23.6 Å². The second kappa shape index (κ2) is 8.17. The average molecular weight is 420 g/mol. The van der Waals surface area contributed by atoms with Gasteiger partial charge >= 0.3 is 17.6 Å². The molecule has 1 fully saturated rings. The van der Waals surface area contributed by atoms with Crippen LogP contribution in [-0.2, 0) is 25.5 Å². The van der Waals surface area contributed by atoms with Gasteiger partial charge in [-0.25, -0.2) is 4.98 Å². The van der Waals surface area contributed by atoms with Gasteiger partial charge in [-0.05, 0) is 46.5 Å². The lowest BCUT2D eigenvalue weighted by atomic mass is 9.93. The third kappa shape index (κ3) is 4.38. The fraction of sp³-hybridized carbons (Fsp3) is 0.650. The summed E-state index contributed by atoms with van der Waals surface area (Å²) in [6.45, 7) is 7.14. The van der Waals surface area contributed by atoms with Gasteiger partial charge in [-0.15, -0.1) is 0 Å². The van der Waals surface area contributed by atoms with Crippen molar-refractivity contribution in [2.75, 3.05) is 11.4 Å². The Morgan fingerprint density at radius 2 is 2.03 bits per heavy atom. The summed E-state index contributed by atoms with van der Waals surface area (Å²) in [5.74, 6) is -1.45. The van der Waals surface area contributed by atoms with Crippen LogP contribution in [0.1, 0.15) is 64.3 Å². The standard InChI is InChI=1S/C20H28N4O6/c1-11(25)29-15-8-7-12-16(15)22-10-14(24(27)28)17(12)23-9-5-6-13(18(23)21)19(26)30-20(2,3)4/h10,13,15,18H,5-9,21H2,1-4H3/t13-,15?,18?/m0/s1. The quantitative estimate of drug-likeness (QED) is 0.442. The van der Waals surface area contributed by atoms with Gasteiger partial charge in [-0.3, -0.25) is 19.7 Å². The number of ether oxygens (including phenoxy) is 2. The maximum absolute atomic E-state index is 12.7. The van der Waals surface area contributed by atoms with Crippen LogP contribution in [0.3, 0.4) is 0 Å². The number of nitro groups is 1. The van der Waals surface area contributed by atoms with Crippen LogP contribution in [0.15, 0.2) is 6.20 Å². The van der Waals surface area contributed by atoms with E-state index in [1.54, 1.807) is 25.7 Å². The largest absolute Gasteiger partial charge is 0.460 e. The van der Waals surface area contributed by atoms with E-state index in [-0.39, 0.29) is 5.69 Å². The highest BCUT2D eigenvalue weighted by atomic mass is 16.6. The summed E-state index contributed by atoms with van der Waals surface area (Å²) in [5.41, 5.74) is 7.15. The van der Waals surface area contributed by atoms with E-state index in [1.807, 2.05) is 0 Å². The molecule has 0 bridgehead atoms. The van der Waals surface area contributed by atoms with E-state index in [1.165, 1.54) is 13.1 Å². The summed E-state index contributed by atoms with van der Waals surface area (Å²) in [6, 6.07) is 0. The second-order valence-electron chi connectivity index (χ2n) is 8.72. The van der Waals surface area contributed by atoms with Crippen LogP contribution in [-0.4, -0.2) is 40.2 Å². The molecule has 10 nitrogen and oxygen atoms in total. The fourth-order valence-electron chi connectivity index (χ4n) is 4.17. The van der Waals surface area contributed by atoms with Gasteiger partial charge in [0.15, 0.2) is 0 Å². The van der Waals surface area contributed by atoms with Crippen molar-refractivity contribution in [1.82, 2.24) is 4.98 Å². The molecule has 3 atom stereocenters. The van der Waals surface area contributed by atoms with Crippen LogP contribution in [0, 0.1) is 16.0 Å². The molecule has 30 heavy (non-hydrogen) atoms. The molecule has 0 amide bonds. The van der Waals surface area contributed by atoms with Gasteiger partial charge < -0.3 is 20.1 Å². The van der Waals surface area contributed by atoms with Gasteiger partial charge in [0.2, 0.25) is 0 Å². The van der Waals surface area contributed by atoms with E-state index < -0.39 is 40.7 Å². The molecule has 1 aliphatic carbocycles. The maximum Gasteiger partial charge on any atom is 0.312 e. The van der Waals surface area contributed by atoms with E-state index in [2.05, 4.69) is 4.98 Å². The second-order valence-corrected chi connectivity index (χ2v) is 8.72. The molecule has 1 aromatic rings. The zero-order valence-electron chi connectivity index (χ0n) is 17.7. The molecule has 1 aromatic heterocycles. The highest BCUT2D eigenvalue weighted by molar-refractivity contribution is 5.77. The zero-order chi connectivity index (χ0) is 22.2. The molecule has 1 saturated heterocycles. The number of hydrogen-bond donors (Lipinski definition) is 1. The third-order valence-corrected chi connectivity index (χ3v) is 5.31. The van der Waals surface area contributed by atoms with Gasteiger partial charge in [0.05, 0.1) is 22.7 Å². The number of carbonyl (C=O) groups excluding carboxylic acids is 2. The summed E-state index contributed by atoms with van der Waals surface area (Å²) in [5, 5.41) is 11.8. The lowest BCUT2D eigenvalue weighted by Gasteiger charge is -2.40. The number of rotatable bonds is 4. The number of nitrogens with two attached hydrogens (primary N) is 1. The SMILES string of the molecule is CC(=O)OC1CCc2c1ncc([N+](=O)[O-])c2N1CCC[C@H](C(=O)OC(C)(C)C)C1N. The monoisotopic (exact) mass is 420 g/mol. The number of hydrogen-bond acceptors (Lipinski definition) is 9. The maximum atomic E-state index is 12.7. The lowest BCUT2D eigenvalue weighted by Crippen LogP contribution is -2.55. The van der Waals surface area contributed by atoms with Crippen molar-refractivity contribution in [3.63, 3.8) is 0 Å². The Hall–Kier alpha value is -2.75. The molecule has 2 N–H and O–H groups in total. The summed E-state index contributed by atoms with van der Waals surface area (Å²) in [7, 11) is 0. The van der Waals surface area contributed by atoms with E-state index in [0.29, 0.717) is 49.2 Å². The van der Waals surface area contributed by atoms with Crippen LogP contribution in [0.2, 0.25) is 0 Å². The first-order valence-corrected chi connectivity index (χ1v) is 10.1. The van der Waals surface area contributed by atoms with Crippen LogP contribution in [0.4, 0.5) is 11.4 Å². The minimum Gasteiger partial charge on any atom is -0.460 e. The van der Waals surface area contributed by atoms with E-state index >= 15 is 0 Å². The minimum absolute atomic E-state index is 0.169. The number of carbonyl (C=O) groups is 2. The molecular formula is C20H28N4O6. The van der Waals surface area contributed by atoms with E-state index in [4.69, 9.17) is 15.2 Å². The normalized spacial score (nSPS) is 23.6. The van der Waals surface area contributed by atoms with Crippen molar-refractivity contribution in [3.8, 4) is 0 Å². The third-order valence-electron chi connectivity index (χ3n) is 5.31. The molecule has 0 aromatic carbocycles. The highest BCUT2D eigenvalue weighted by Crippen LogP contribution is 2.44. The predicted octanol–water partition coefficient (Wildman–Crippen LogP) is 2.38. The molecule has 10 heteroatoms. The number of pyridine rings is 1. The van der Waals surface area contributed by atoms with Crippen molar-refractivity contribution in [2.45, 2.75) is 71.2 Å². The van der Waals surface area contributed by atoms with Crippen molar-refractivity contribution in [3.05, 3.63) is 27.6 Å². The van der Waals surface area contributed by atoms with Gasteiger partial charge in [-0.2, -0.15) is 0 Å². The molecule has 2 unspecified atom stereocenters. The first-order valence-electron chi connectivity index (χ1n) is 10.1. The molecule has 2 aliphatic rings. The first-order chi connectivity index (χ1) is 14.0. The van der Waals surface area contributed by atoms with Gasteiger partial charge in [0.25, 0.3) is 0 Å². The van der Waals surface area contributed by atoms with Gasteiger partial charge in [-0.1, -0.05) is 0 Å². The molecular weight excluding hydrogens is 392 g/mol. The Morgan fingerprint density at radius 3 is 2.63 bits per heavy atom. The predicted molar refractivity (Wildman–Crippen MR) is 108 cm³/mol. The van der Waals surface area contributed by atoms with Crippen molar-refractivity contribution in [1.29, 1.82) is 0 Å². The molecule has 1 aliphatic heterocycles. The summed E-state index contributed by atoms with van der Waals surface area (Å²) >= 11 is 0. The topological polar surface area (TPSA) is 138 Å². The number of fused-ring (bicyclic) bond motifs is 1. The van der Waals surface area contributed by atoms with Crippen LogP contribution < -0.4 is 10.6 Å². The molecule has 0 saturated carbocycles. The minimum atomic E-state index is -0.772. The Balaban J connectivity index is 1.99. The lowest BCUT2D eigenvalue weighted by molar-refractivity contribution is -0.384.